The molecule has 116 valence electrons. The number of fused-ring (bicyclic) bond motifs is 1. The minimum absolute atomic E-state index is 0.795. The maximum absolute atomic E-state index is 5.63. The lowest BCUT2D eigenvalue weighted by Gasteiger charge is -2.05. The van der Waals surface area contributed by atoms with Gasteiger partial charge < -0.3 is 14.6 Å². The van der Waals surface area contributed by atoms with Gasteiger partial charge in [0.15, 0.2) is 0 Å². The van der Waals surface area contributed by atoms with Crippen LogP contribution in [0.3, 0.4) is 0 Å². The highest BCUT2D eigenvalue weighted by Gasteiger charge is 2.07. The Morgan fingerprint density at radius 3 is 2.81 bits per heavy atom. The molecule has 0 unspecified atom stereocenters. The van der Waals surface area contributed by atoms with Crippen molar-refractivity contribution >= 4 is 10.9 Å². The monoisotopic (exact) mass is 288 g/mol. The number of aromatic nitrogens is 1. The molecule has 0 aliphatic heterocycles. The predicted molar refractivity (Wildman–Crippen MR) is 89.9 cm³/mol. The van der Waals surface area contributed by atoms with Gasteiger partial charge in [-0.2, -0.15) is 0 Å². The molecule has 0 spiro atoms. The number of aryl methyl sites for hydroxylation is 1. The number of para-hydroxylation sites is 1. The number of hydrogen-bond donors (Lipinski definition) is 1. The van der Waals surface area contributed by atoms with Crippen molar-refractivity contribution in [1.82, 2.24) is 9.88 Å². The third-order valence-electron chi connectivity index (χ3n) is 3.75. The van der Waals surface area contributed by atoms with Crippen molar-refractivity contribution in [2.45, 2.75) is 39.7 Å². The molecule has 0 amide bonds. The Morgan fingerprint density at radius 1 is 1.14 bits per heavy atom. The first-order valence-corrected chi connectivity index (χ1v) is 8.22. The Morgan fingerprint density at radius 2 is 2.00 bits per heavy atom. The standard InChI is InChI=1S/C18H28N2O/c1-3-13-21-14-12-20-15-16(8-7-11-19-4-2)17-9-5-6-10-18(17)20/h5-6,9-10,15,19H,3-4,7-8,11-14H2,1-2H3. The molecule has 1 heterocycles. The number of rotatable bonds is 10. The van der Waals surface area contributed by atoms with Crippen LogP contribution in [0.4, 0.5) is 0 Å². The SMILES string of the molecule is CCCOCCn1cc(CCCNCC)c2ccccc21. The van der Waals surface area contributed by atoms with Crippen LogP contribution >= 0.6 is 0 Å². The third-order valence-corrected chi connectivity index (χ3v) is 3.75. The normalized spacial score (nSPS) is 11.3. The fourth-order valence-corrected chi connectivity index (χ4v) is 2.70. The van der Waals surface area contributed by atoms with Crippen LogP contribution in [0.1, 0.15) is 32.3 Å². The second kappa shape index (κ2) is 8.85. The summed E-state index contributed by atoms with van der Waals surface area (Å²) in [5.41, 5.74) is 2.79. The van der Waals surface area contributed by atoms with Crippen molar-refractivity contribution in [3.05, 3.63) is 36.0 Å². The lowest BCUT2D eigenvalue weighted by Crippen LogP contribution is -2.14. The van der Waals surface area contributed by atoms with Gasteiger partial charge in [-0.05, 0) is 44.0 Å². The quantitative estimate of drug-likeness (QED) is 0.676. The van der Waals surface area contributed by atoms with Gasteiger partial charge >= 0.3 is 0 Å². The summed E-state index contributed by atoms with van der Waals surface area (Å²) in [5, 5.41) is 4.79. The minimum Gasteiger partial charge on any atom is -0.380 e. The van der Waals surface area contributed by atoms with Gasteiger partial charge in [-0.1, -0.05) is 32.0 Å². The largest absolute Gasteiger partial charge is 0.380 e. The Labute approximate surface area is 128 Å². The van der Waals surface area contributed by atoms with Gasteiger partial charge in [0.2, 0.25) is 0 Å². The molecule has 0 aliphatic carbocycles. The first-order valence-electron chi connectivity index (χ1n) is 8.22. The number of benzene rings is 1. The number of nitrogens with zero attached hydrogens (tertiary/aromatic N) is 1. The van der Waals surface area contributed by atoms with Crippen molar-refractivity contribution in [2.75, 3.05) is 26.3 Å². The summed E-state index contributed by atoms with van der Waals surface area (Å²) in [6, 6.07) is 8.70. The average Bonchev–Trinajstić information content (AvgIpc) is 2.87. The van der Waals surface area contributed by atoms with E-state index < -0.39 is 0 Å². The number of hydrogen-bond acceptors (Lipinski definition) is 2. The second-order valence-electron chi connectivity index (χ2n) is 5.43. The van der Waals surface area contributed by atoms with E-state index in [1.54, 1.807) is 0 Å². The van der Waals surface area contributed by atoms with E-state index in [0.29, 0.717) is 0 Å². The van der Waals surface area contributed by atoms with E-state index >= 15 is 0 Å². The highest BCUT2D eigenvalue weighted by Crippen LogP contribution is 2.22. The van der Waals surface area contributed by atoms with E-state index in [2.05, 4.69) is 54.2 Å². The van der Waals surface area contributed by atoms with Gasteiger partial charge in [0, 0.05) is 30.3 Å². The van der Waals surface area contributed by atoms with E-state index in [1.807, 2.05) is 0 Å². The molecule has 0 fully saturated rings. The molecule has 0 saturated carbocycles. The van der Waals surface area contributed by atoms with Crippen LogP contribution in [-0.2, 0) is 17.7 Å². The summed E-state index contributed by atoms with van der Waals surface area (Å²) in [5.74, 6) is 0. The van der Waals surface area contributed by atoms with Gasteiger partial charge in [-0.3, -0.25) is 0 Å². The molecule has 1 N–H and O–H groups in total. The first kappa shape index (κ1) is 16.1. The third kappa shape index (κ3) is 4.58. The summed E-state index contributed by atoms with van der Waals surface area (Å²) < 4.78 is 7.97. The summed E-state index contributed by atoms with van der Waals surface area (Å²) >= 11 is 0. The Bertz CT molecular complexity index is 487. The molecule has 0 bridgehead atoms. The van der Waals surface area contributed by atoms with Crippen LogP contribution in [-0.4, -0.2) is 30.9 Å². The van der Waals surface area contributed by atoms with Gasteiger partial charge in [0.1, 0.15) is 0 Å². The molecular formula is C18H28N2O. The molecule has 21 heavy (non-hydrogen) atoms. The molecule has 1 aromatic heterocycles. The number of nitrogens with one attached hydrogen (secondary N) is 1. The van der Waals surface area contributed by atoms with Crippen LogP contribution < -0.4 is 5.32 Å². The van der Waals surface area contributed by atoms with E-state index in [4.69, 9.17) is 4.74 Å². The second-order valence-corrected chi connectivity index (χ2v) is 5.43. The van der Waals surface area contributed by atoms with Crippen molar-refractivity contribution in [3.63, 3.8) is 0 Å². The molecule has 0 saturated heterocycles. The molecule has 0 radical (unpaired) electrons. The highest BCUT2D eigenvalue weighted by atomic mass is 16.5. The summed E-state index contributed by atoms with van der Waals surface area (Å²) in [6.45, 7) is 9.04. The summed E-state index contributed by atoms with van der Waals surface area (Å²) in [6.07, 6.45) is 5.72. The van der Waals surface area contributed by atoms with Crippen molar-refractivity contribution < 1.29 is 4.74 Å². The lowest BCUT2D eigenvalue weighted by molar-refractivity contribution is 0.127. The fraction of sp³-hybridized carbons (Fsp3) is 0.556. The Kier molecular flexibility index (Phi) is 6.77. The van der Waals surface area contributed by atoms with Crippen LogP contribution in [0, 0.1) is 0 Å². The predicted octanol–water partition coefficient (Wildman–Crippen LogP) is 3.61. The topological polar surface area (TPSA) is 26.2 Å². The van der Waals surface area contributed by atoms with Gasteiger partial charge in [0.25, 0.3) is 0 Å². The molecule has 0 aliphatic rings. The summed E-state index contributed by atoms with van der Waals surface area (Å²) in [4.78, 5) is 0. The Hall–Kier alpha value is -1.32. The zero-order valence-corrected chi connectivity index (χ0v) is 13.4. The van der Waals surface area contributed by atoms with Crippen molar-refractivity contribution in [3.8, 4) is 0 Å². The molecule has 2 rings (SSSR count). The zero-order chi connectivity index (χ0) is 14.9. The van der Waals surface area contributed by atoms with E-state index in [1.165, 1.54) is 22.9 Å². The van der Waals surface area contributed by atoms with E-state index in [9.17, 15) is 0 Å². The van der Waals surface area contributed by atoms with Crippen molar-refractivity contribution in [2.24, 2.45) is 0 Å². The zero-order valence-electron chi connectivity index (χ0n) is 13.4. The molecular weight excluding hydrogens is 260 g/mol. The first-order chi connectivity index (χ1) is 10.4. The molecule has 3 heteroatoms. The highest BCUT2D eigenvalue weighted by molar-refractivity contribution is 5.83. The van der Waals surface area contributed by atoms with Gasteiger partial charge in [-0.15, -0.1) is 0 Å². The lowest BCUT2D eigenvalue weighted by atomic mass is 10.1. The average molecular weight is 288 g/mol. The maximum Gasteiger partial charge on any atom is 0.0645 e. The van der Waals surface area contributed by atoms with Crippen LogP contribution in [0.5, 0.6) is 0 Å². The summed E-state index contributed by atoms with van der Waals surface area (Å²) in [7, 11) is 0. The van der Waals surface area contributed by atoms with Crippen LogP contribution in [0.25, 0.3) is 10.9 Å². The molecule has 0 atom stereocenters. The molecule has 3 nitrogen and oxygen atoms in total. The van der Waals surface area contributed by atoms with Crippen LogP contribution in [0.2, 0.25) is 0 Å². The van der Waals surface area contributed by atoms with Crippen molar-refractivity contribution in [1.29, 1.82) is 0 Å². The fourth-order valence-electron chi connectivity index (χ4n) is 2.70. The Balaban J connectivity index is 2.03. The minimum atomic E-state index is 0.795. The maximum atomic E-state index is 5.63. The van der Waals surface area contributed by atoms with Crippen LogP contribution in [0.15, 0.2) is 30.5 Å². The van der Waals surface area contributed by atoms with Gasteiger partial charge in [0.05, 0.1) is 6.61 Å². The molecule has 1 aromatic carbocycles. The van der Waals surface area contributed by atoms with E-state index in [0.717, 1.165) is 45.7 Å². The number of ether oxygens (including phenoxy) is 1. The van der Waals surface area contributed by atoms with E-state index in [-0.39, 0.29) is 0 Å². The van der Waals surface area contributed by atoms with Gasteiger partial charge in [-0.25, -0.2) is 0 Å². The smallest absolute Gasteiger partial charge is 0.0645 e. The molecule has 2 aromatic rings.